The highest BCUT2D eigenvalue weighted by Gasteiger charge is 2.02. The van der Waals surface area contributed by atoms with Crippen molar-refractivity contribution in [2.75, 3.05) is 0 Å². The standard InChI is InChI=1S/C12H11BrN2OS/c13-10-5-6-17-11(10)7-16-9-3-1-8(2-4-9)12(14)15/h1-6H,7H2,(H3,14,15). The topological polar surface area (TPSA) is 59.1 Å². The molecule has 0 radical (unpaired) electrons. The molecule has 1 aromatic heterocycles. The Morgan fingerprint density at radius 1 is 1.29 bits per heavy atom. The maximum Gasteiger partial charge on any atom is 0.124 e. The molecule has 0 saturated carbocycles. The SMILES string of the molecule is N=C(N)c1ccc(OCc2sccc2Br)cc1. The van der Waals surface area contributed by atoms with Gasteiger partial charge in [0.15, 0.2) is 0 Å². The first-order valence-electron chi connectivity index (χ1n) is 4.96. The van der Waals surface area contributed by atoms with Gasteiger partial charge in [0.2, 0.25) is 0 Å². The Morgan fingerprint density at radius 2 is 2.00 bits per heavy atom. The van der Waals surface area contributed by atoms with Crippen molar-refractivity contribution < 1.29 is 4.74 Å². The molecular formula is C12H11BrN2OS. The molecule has 0 aliphatic carbocycles. The quantitative estimate of drug-likeness (QED) is 0.672. The van der Waals surface area contributed by atoms with Crippen LogP contribution in [0.1, 0.15) is 10.4 Å². The van der Waals surface area contributed by atoms with Crippen LogP contribution in [-0.2, 0) is 6.61 Å². The molecule has 3 N–H and O–H groups in total. The number of nitrogens with one attached hydrogen (secondary N) is 1. The van der Waals surface area contributed by atoms with Crippen LogP contribution >= 0.6 is 27.3 Å². The summed E-state index contributed by atoms with van der Waals surface area (Å²) in [5.41, 5.74) is 6.08. The molecule has 0 bridgehead atoms. The fourth-order valence-corrected chi connectivity index (χ4v) is 2.69. The van der Waals surface area contributed by atoms with E-state index in [0.29, 0.717) is 12.2 Å². The highest BCUT2D eigenvalue weighted by atomic mass is 79.9. The Kier molecular flexibility index (Phi) is 3.81. The van der Waals surface area contributed by atoms with Gasteiger partial charge in [0.05, 0.1) is 4.88 Å². The fourth-order valence-electron chi connectivity index (χ4n) is 1.31. The lowest BCUT2D eigenvalue weighted by atomic mass is 10.2. The highest BCUT2D eigenvalue weighted by molar-refractivity contribution is 9.10. The minimum Gasteiger partial charge on any atom is -0.488 e. The monoisotopic (exact) mass is 310 g/mol. The number of hydrogen-bond acceptors (Lipinski definition) is 3. The van der Waals surface area contributed by atoms with Crippen LogP contribution in [0.4, 0.5) is 0 Å². The van der Waals surface area contributed by atoms with Crippen molar-refractivity contribution in [1.82, 2.24) is 0 Å². The summed E-state index contributed by atoms with van der Waals surface area (Å²) < 4.78 is 6.71. The molecule has 1 heterocycles. The molecule has 0 unspecified atom stereocenters. The zero-order chi connectivity index (χ0) is 12.3. The Morgan fingerprint density at radius 3 is 2.53 bits per heavy atom. The molecule has 0 fully saturated rings. The number of rotatable bonds is 4. The molecule has 0 spiro atoms. The third kappa shape index (κ3) is 3.08. The van der Waals surface area contributed by atoms with Gasteiger partial charge < -0.3 is 10.5 Å². The predicted molar refractivity (Wildman–Crippen MR) is 73.8 cm³/mol. The lowest BCUT2D eigenvalue weighted by Crippen LogP contribution is -2.10. The molecule has 0 atom stereocenters. The summed E-state index contributed by atoms with van der Waals surface area (Å²) in [6.07, 6.45) is 0. The number of nitrogens with two attached hydrogens (primary N) is 1. The number of hydrogen-bond donors (Lipinski definition) is 2. The number of amidine groups is 1. The molecule has 0 aliphatic heterocycles. The van der Waals surface area contributed by atoms with Crippen LogP contribution < -0.4 is 10.5 Å². The molecule has 5 heteroatoms. The van der Waals surface area contributed by atoms with Crippen molar-refractivity contribution in [3.05, 3.63) is 50.6 Å². The first kappa shape index (κ1) is 12.1. The smallest absolute Gasteiger partial charge is 0.124 e. The largest absolute Gasteiger partial charge is 0.488 e. The number of nitrogen functional groups attached to an aromatic ring is 1. The molecule has 3 nitrogen and oxygen atoms in total. The Balaban J connectivity index is 2.00. The Hall–Kier alpha value is -1.33. The zero-order valence-corrected chi connectivity index (χ0v) is 11.3. The van der Waals surface area contributed by atoms with Gasteiger partial charge in [-0.05, 0) is 51.6 Å². The van der Waals surface area contributed by atoms with Gasteiger partial charge in [0.25, 0.3) is 0 Å². The van der Waals surface area contributed by atoms with Crippen LogP contribution in [0.2, 0.25) is 0 Å². The molecule has 2 aromatic rings. The van der Waals surface area contributed by atoms with Crippen molar-refractivity contribution in [1.29, 1.82) is 5.41 Å². The highest BCUT2D eigenvalue weighted by Crippen LogP contribution is 2.24. The van der Waals surface area contributed by atoms with Crippen LogP contribution in [0, 0.1) is 5.41 Å². The van der Waals surface area contributed by atoms with E-state index in [0.717, 1.165) is 15.1 Å². The summed E-state index contributed by atoms with van der Waals surface area (Å²) in [4.78, 5) is 1.15. The second-order valence-electron chi connectivity index (χ2n) is 3.42. The van der Waals surface area contributed by atoms with Gasteiger partial charge in [-0.1, -0.05) is 0 Å². The van der Waals surface area contributed by atoms with Crippen LogP contribution in [0.5, 0.6) is 5.75 Å². The van der Waals surface area contributed by atoms with Crippen LogP contribution in [-0.4, -0.2) is 5.84 Å². The van der Waals surface area contributed by atoms with Gasteiger partial charge in [-0.2, -0.15) is 0 Å². The van der Waals surface area contributed by atoms with Crippen molar-refractivity contribution in [2.24, 2.45) is 5.73 Å². The van der Waals surface area contributed by atoms with E-state index in [1.54, 1.807) is 23.5 Å². The van der Waals surface area contributed by atoms with E-state index in [1.807, 2.05) is 23.6 Å². The van der Waals surface area contributed by atoms with E-state index >= 15 is 0 Å². The average molecular weight is 311 g/mol. The van der Waals surface area contributed by atoms with Gasteiger partial charge in [-0.25, -0.2) is 0 Å². The Labute approximate surface area is 112 Å². The van der Waals surface area contributed by atoms with Gasteiger partial charge in [0, 0.05) is 10.0 Å². The number of benzene rings is 1. The van der Waals surface area contributed by atoms with E-state index in [-0.39, 0.29) is 5.84 Å². The summed E-state index contributed by atoms with van der Waals surface area (Å²) in [6, 6.07) is 9.20. The summed E-state index contributed by atoms with van der Waals surface area (Å²) in [5, 5.41) is 9.30. The summed E-state index contributed by atoms with van der Waals surface area (Å²) in [5.74, 6) is 0.841. The molecule has 88 valence electrons. The van der Waals surface area contributed by atoms with Crippen molar-refractivity contribution in [3.8, 4) is 5.75 Å². The lowest BCUT2D eigenvalue weighted by molar-refractivity contribution is 0.309. The first-order chi connectivity index (χ1) is 8.16. The van der Waals surface area contributed by atoms with Crippen molar-refractivity contribution in [3.63, 3.8) is 0 Å². The lowest BCUT2D eigenvalue weighted by Gasteiger charge is -2.06. The first-order valence-corrected chi connectivity index (χ1v) is 6.63. The molecule has 1 aromatic carbocycles. The summed E-state index contributed by atoms with van der Waals surface area (Å²) in [6.45, 7) is 0.539. The second-order valence-corrected chi connectivity index (χ2v) is 5.27. The maximum absolute atomic E-state index is 7.28. The molecule has 0 amide bonds. The fraction of sp³-hybridized carbons (Fsp3) is 0.0833. The van der Waals surface area contributed by atoms with Crippen LogP contribution in [0.25, 0.3) is 0 Å². The van der Waals surface area contributed by atoms with Gasteiger partial charge >= 0.3 is 0 Å². The third-order valence-electron chi connectivity index (χ3n) is 2.23. The normalized spacial score (nSPS) is 10.2. The molecule has 17 heavy (non-hydrogen) atoms. The summed E-state index contributed by atoms with van der Waals surface area (Å²) in [7, 11) is 0. The van der Waals surface area contributed by atoms with E-state index in [2.05, 4.69) is 15.9 Å². The van der Waals surface area contributed by atoms with Gasteiger partial charge in [-0.15, -0.1) is 11.3 Å². The Bertz CT molecular complexity index is 522. The average Bonchev–Trinajstić information content (AvgIpc) is 2.73. The molecular weight excluding hydrogens is 300 g/mol. The number of ether oxygens (including phenoxy) is 1. The van der Waals surface area contributed by atoms with E-state index in [9.17, 15) is 0 Å². The number of halogens is 1. The van der Waals surface area contributed by atoms with Crippen molar-refractivity contribution >= 4 is 33.1 Å². The van der Waals surface area contributed by atoms with E-state index in [1.165, 1.54) is 0 Å². The van der Waals surface area contributed by atoms with Gasteiger partial charge in [-0.3, -0.25) is 5.41 Å². The second kappa shape index (κ2) is 5.33. The minimum atomic E-state index is 0.0672. The maximum atomic E-state index is 7.28. The predicted octanol–water partition coefficient (Wildman–Crippen LogP) is 3.37. The van der Waals surface area contributed by atoms with E-state index in [4.69, 9.17) is 15.9 Å². The zero-order valence-electron chi connectivity index (χ0n) is 8.94. The van der Waals surface area contributed by atoms with Crippen LogP contribution in [0.15, 0.2) is 40.2 Å². The van der Waals surface area contributed by atoms with E-state index < -0.39 is 0 Å². The molecule has 0 aliphatic rings. The summed E-state index contributed by atoms with van der Waals surface area (Å²) >= 11 is 5.11. The van der Waals surface area contributed by atoms with Crippen molar-refractivity contribution in [2.45, 2.75) is 6.61 Å². The molecule has 2 rings (SSSR count). The number of thiophene rings is 1. The minimum absolute atomic E-state index is 0.0672. The van der Waals surface area contributed by atoms with Gasteiger partial charge in [0.1, 0.15) is 18.2 Å². The molecule has 0 saturated heterocycles. The third-order valence-corrected chi connectivity index (χ3v) is 4.13. The van der Waals surface area contributed by atoms with Crippen LogP contribution in [0.3, 0.4) is 0 Å².